The minimum absolute atomic E-state index is 0.145. The van der Waals surface area contributed by atoms with E-state index in [4.69, 9.17) is 4.74 Å². The maximum atomic E-state index is 11.8. The molecule has 4 nitrogen and oxygen atoms in total. The third-order valence-electron chi connectivity index (χ3n) is 4.59. The lowest BCUT2D eigenvalue weighted by Crippen LogP contribution is -2.47. The highest BCUT2D eigenvalue weighted by atomic mass is 32.2. The standard InChI is InChI=1S/C14H27NO3S/c1-3-15-14(13-8-5-9-18-13)11-6-4-7-12(10-11)19(2,16)17/h11-15H,3-10H2,1-2H3. The Morgan fingerprint density at radius 2 is 2.05 bits per heavy atom. The summed E-state index contributed by atoms with van der Waals surface area (Å²) in [5, 5.41) is 3.40. The summed E-state index contributed by atoms with van der Waals surface area (Å²) in [5.74, 6) is 0.441. The van der Waals surface area contributed by atoms with Crippen molar-refractivity contribution in [1.82, 2.24) is 5.32 Å². The second kappa shape index (κ2) is 6.55. The number of ether oxygens (including phenoxy) is 1. The summed E-state index contributed by atoms with van der Waals surface area (Å²) < 4.78 is 29.4. The third-order valence-corrected chi connectivity index (χ3v) is 6.22. The largest absolute Gasteiger partial charge is 0.377 e. The lowest BCUT2D eigenvalue weighted by atomic mass is 9.81. The van der Waals surface area contributed by atoms with Gasteiger partial charge in [0.05, 0.1) is 11.4 Å². The smallest absolute Gasteiger partial charge is 0.150 e. The van der Waals surface area contributed by atoms with Gasteiger partial charge in [-0.3, -0.25) is 0 Å². The Morgan fingerprint density at radius 3 is 2.63 bits per heavy atom. The molecule has 0 radical (unpaired) electrons. The minimum Gasteiger partial charge on any atom is -0.377 e. The van der Waals surface area contributed by atoms with Gasteiger partial charge in [-0.1, -0.05) is 13.3 Å². The molecule has 4 atom stereocenters. The van der Waals surface area contributed by atoms with Crippen LogP contribution in [0.3, 0.4) is 0 Å². The first-order valence-corrected chi connectivity index (χ1v) is 9.51. The summed E-state index contributed by atoms with van der Waals surface area (Å²) in [6, 6.07) is 0.331. The van der Waals surface area contributed by atoms with Crippen LogP contribution in [0.15, 0.2) is 0 Å². The Kier molecular flexibility index (Phi) is 5.26. The molecule has 1 aliphatic heterocycles. The van der Waals surface area contributed by atoms with Gasteiger partial charge in [-0.2, -0.15) is 0 Å². The summed E-state index contributed by atoms with van der Waals surface area (Å²) in [5.41, 5.74) is 0. The van der Waals surface area contributed by atoms with E-state index in [0.29, 0.717) is 12.0 Å². The fraction of sp³-hybridized carbons (Fsp3) is 1.00. The molecule has 0 amide bonds. The number of nitrogens with one attached hydrogen (secondary N) is 1. The first-order chi connectivity index (χ1) is 9.02. The Balaban J connectivity index is 2.04. The number of hydrogen-bond donors (Lipinski definition) is 1. The molecule has 0 aromatic heterocycles. The first kappa shape index (κ1) is 15.3. The molecule has 1 N–H and O–H groups in total. The Labute approximate surface area is 117 Å². The van der Waals surface area contributed by atoms with E-state index < -0.39 is 9.84 Å². The van der Waals surface area contributed by atoms with Crippen molar-refractivity contribution in [2.24, 2.45) is 5.92 Å². The van der Waals surface area contributed by atoms with E-state index in [1.165, 1.54) is 6.26 Å². The Morgan fingerprint density at radius 1 is 1.26 bits per heavy atom. The van der Waals surface area contributed by atoms with Crippen molar-refractivity contribution in [2.45, 2.75) is 62.8 Å². The van der Waals surface area contributed by atoms with Crippen LogP contribution < -0.4 is 5.32 Å². The molecule has 2 rings (SSSR count). The van der Waals surface area contributed by atoms with Gasteiger partial charge < -0.3 is 10.1 Å². The zero-order chi connectivity index (χ0) is 13.9. The molecule has 1 saturated heterocycles. The molecule has 1 aliphatic carbocycles. The number of hydrogen-bond acceptors (Lipinski definition) is 4. The molecule has 112 valence electrons. The summed E-state index contributed by atoms with van der Waals surface area (Å²) in [7, 11) is -2.90. The maximum absolute atomic E-state index is 11.8. The van der Waals surface area contributed by atoms with Crippen LogP contribution in [0.4, 0.5) is 0 Å². The Bertz CT molecular complexity index is 376. The van der Waals surface area contributed by atoms with Gasteiger partial charge in [-0.05, 0) is 44.6 Å². The van der Waals surface area contributed by atoms with Crippen LogP contribution in [-0.4, -0.2) is 45.2 Å². The van der Waals surface area contributed by atoms with Gasteiger partial charge in [0.1, 0.15) is 9.84 Å². The van der Waals surface area contributed by atoms with E-state index in [9.17, 15) is 8.42 Å². The summed E-state index contributed by atoms with van der Waals surface area (Å²) in [6.45, 7) is 3.89. The molecule has 1 saturated carbocycles. The molecule has 0 aromatic rings. The van der Waals surface area contributed by atoms with E-state index in [0.717, 1.165) is 51.7 Å². The molecule has 0 bridgehead atoms. The van der Waals surface area contributed by atoms with Gasteiger partial charge in [-0.25, -0.2) is 8.42 Å². The van der Waals surface area contributed by atoms with Crippen molar-refractivity contribution in [3.63, 3.8) is 0 Å². The van der Waals surface area contributed by atoms with Crippen molar-refractivity contribution >= 4 is 9.84 Å². The first-order valence-electron chi connectivity index (χ1n) is 7.56. The van der Waals surface area contributed by atoms with Crippen molar-refractivity contribution in [3.8, 4) is 0 Å². The lowest BCUT2D eigenvalue weighted by molar-refractivity contribution is 0.0505. The van der Waals surface area contributed by atoms with Gasteiger partial charge in [0.25, 0.3) is 0 Å². The van der Waals surface area contributed by atoms with E-state index in [-0.39, 0.29) is 11.4 Å². The zero-order valence-corrected chi connectivity index (χ0v) is 12.9. The third kappa shape index (κ3) is 3.92. The normalized spacial score (nSPS) is 34.3. The average molecular weight is 289 g/mol. The topological polar surface area (TPSA) is 55.4 Å². The van der Waals surface area contributed by atoms with Gasteiger partial charge in [0, 0.05) is 18.9 Å². The molecule has 0 aromatic carbocycles. The highest BCUT2D eigenvalue weighted by molar-refractivity contribution is 7.91. The quantitative estimate of drug-likeness (QED) is 0.838. The second-order valence-corrected chi connectivity index (χ2v) is 8.34. The Hall–Kier alpha value is -0.130. The van der Waals surface area contributed by atoms with Crippen molar-refractivity contribution < 1.29 is 13.2 Å². The number of rotatable bonds is 5. The predicted octanol–water partition coefficient (Wildman–Crippen LogP) is 1.75. The molecule has 0 spiro atoms. The summed E-state index contributed by atoms with van der Waals surface area (Å²) in [6.07, 6.45) is 7.69. The molecule has 1 heterocycles. The van der Waals surface area contributed by atoms with Crippen molar-refractivity contribution in [2.75, 3.05) is 19.4 Å². The van der Waals surface area contributed by atoms with Crippen LogP contribution in [0.25, 0.3) is 0 Å². The lowest BCUT2D eigenvalue weighted by Gasteiger charge is -2.37. The molecular weight excluding hydrogens is 262 g/mol. The van der Waals surface area contributed by atoms with Gasteiger partial charge >= 0.3 is 0 Å². The predicted molar refractivity (Wildman–Crippen MR) is 77.0 cm³/mol. The van der Waals surface area contributed by atoms with E-state index in [2.05, 4.69) is 12.2 Å². The van der Waals surface area contributed by atoms with E-state index >= 15 is 0 Å². The van der Waals surface area contributed by atoms with Crippen LogP contribution in [0.5, 0.6) is 0 Å². The van der Waals surface area contributed by atoms with E-state index in [1.54, 1.807) is 0 Å². The molecule has 19 heavy (non-hydrogen) atoms. The van der Waals surface area contributed by atoms with Crippen molar-refractivity contribution in [1.29, 1.82) is 0 Å². The van der Waals surface area contributed by atoms with E-state index in [1.807, 2.05) is 0 Å². The zero-order valence-electron chi connectivity index (χ0n) is 12.1. The van der Waals surface area contributed by atoms with Crippen LogP contribution in [0.1, 0.15) is 45.4 Å². The summed E-state index contributed by atoms with van der Waals surface area (Å²) in [4.78, 5) is 0. The van der Waals surface area contributed by atoms with Gasteiger partial charge in [0.2, 0.25) is 0 Å². The van der Waals surface area contributed by atoms with Crippen LogP contribution in [0.2, 0.25) is 0 Å². The minimum atomic E-state index is -2.90. The van der Waals surface area contributed by atoms with Gasteiger partial charge in [0.15, 0.2) is 0 Å². The maximum Gasteiger partial charge on any atom is 0.150 e. The summed E-state index contributed by atoms with van der Waals surface area (Å²) >= 11 is 0. The number of likely N-dealkylation sites (N-methyl/N-ethyl adjacent to an activating group) is 1. The fourth-order valence-corrected chi connectivity index (χ4v) is 4.81. The molecule has 2 fully saturated rings. The molecule has 2 aliphatic rings. The highest BCUT2D eigenvalue weighted by Gasteiger charge is 2.37. The molecule has 4 unspecified atom stereocenters. The van der Waals surface area contributed by atoms with Crippen LogP contribution in [0, 0.1) is 5.92 Å². The SMILES string of the molecule is CCNC(C1CCCC(S(C)(=O)=O)C1)C1CCCO1. The second-order valence-electron chi connectivity index (χ2n) is 6.01. The average Bonchev–Trinajstić information content (AvgIpc) is 2.88. The molecule has 5 heteroatoms. The van der Waals surface area contributed by atoms with Crippen LogP contribution in [-0.2, 0) is 14.6 Å². The van der Waals surface area contributed by atoms with Gasteiger partial charge in [-0.15, -0.1) is 0 Å². The fourth-order valence-electron chi connectivity index (χ4n) is 3.62. The van der Waals surface area contributed by atoms with Crippen molar-refractivity contribution in [3.05, 3.63) is 0 Å². The molecular formula is C14H27NO3S. The van der Waals surface area contributed by atoms with Crippen LogP contribution >= 0.6 is 0 Å². The monoisotopic (exact) mass is 289 g/mol. The highest BCUT2D eigenvalue weighted by Crippen LogP contribution is 2.34. The number of sulfone groups is 1.